The van der Waals surface area contributed by atoms with Gasteiger partial charge in [-0.1, -0.05) is 37.3 Å². The monoisotopic (exact) mass is 327 g/mol. The summed E-state index contributed by atoms with van der Waals surface area (Å²) in [6, 6.07) is 12.9. The molecule has 24 heavy (non-hydrogen) atoms. The van der Waals surface area contributed by atoms with Crippen LogP contribution in [0.25, 0.3) is 0 Å². The van der Waals surface area contributed by atoms with Crippen LogP contribution in [-0.2, 0) is 11.3 Å². The Bertz CT molecular complexity index is 689. The third kappa shape index (κ3) is 5.08. The molecule has 0 radical (unpaired) electrons. The Kier molecular flexibility index (Phi) is 6.31. The average molecular weight is 327 g/mol. The molecular formula is C18H21N3O3. The highest BCUT2D eigenvalue weighted by Gasteiger charge is 2.13. The quantitative estimate of drug-likeness (QED) is 0.777. The number of pyridine rings is 1. The van der Waals surface area contributed by atoms with Crippen molar-refractivity contribution in [2.75, 3.05) is 18.0 Å². The zero-order valence-electron chi connectivity index (χ0n) is 13.6. The first kappa shape index (κ1) is 17.5. The maximum absolute atomic E-state index is 12.3. The molecule has 0 spiro atoms. The summed E-state index contributed by atoms with van der Waals surface area (Å²) in [6.45, 7) is 2.88. The van der Waals surface area contributed by atoms with Gasteiger partial charge >= 0.3 is 5.97 Å². The molecule has 6 nitrogen and oxygen atoms in total. The lowest BCUT2D eigenvalue weighted by Crippen LogP contribution is -2.31. The molecule has 0 aliphatic heterocycles. The van der Waals surface area contributed by atoms with Gasteiger partial charge in [0.25, 0.3) is 5.91 Å². The second-order valence-electron chi connectivity index (χ2n) is 5.38. The highest BCUT2D eigenvalue weighted by atomic mass is 16.4. The summed E-state index contributed by atoms with van der Waals surface area (Å²) < 4.78 is 0. The molecule has 1 amide bonds. The van der Waals surface area contributed by atoms with Gasteiger partial charge in [0, 0.05) is 25.0 Å². The predicted octanol–water partition coefficient (Wildman–Crippen LogP) is 2.31. The Hall–Kier alpha value is -2.89. The Balaban J connectivity index is 2.07. The van der Waals surface area contributed by atoms with Crippen molar-refractivity contribution in [3.8, 4) is 0 Å². The smallest absolute Gasteiger partial charge is 0.323 e. The molecule has 0 aliphatic rings. The first-order valence-corrected chi connectivity index (χ1v) is 7.85. The summed E-state index contributed by atoms with van der Waals surface area (Å²) in [4.78, 5) is 29.1. The second kappa shape index (κ2) is 8.67. The summed E-state index contributed by atoms with van der Waals surface area (Å²) in [6.07, 6.45) is 2.34. The summed E-state index contributed by atoms with van der Waals surface area (Å²) in [5.74, 6) is -1.19. The van der Waals surface area contributed by atoms with Gasteiger partial charge in [0.05, 0.1) is 0 Å². The van der Waals surface area contributed by atoms with E-state index in [1.807, 2.05) is 37.3 Å². The van der Waals surface area contributed by atoms with Crippen LogP contribution in [0.2, 0.25) is 0 Å². The molecule has 2 aromatic rings. The number of nitrogens with zero attached hydrogens (tertiary/aromatic N) is 2. The highest BCUT2D eigenvalue weighted by Crippen LogP contribution is 2.15. The highest BCUT2D eigenvalue weighted by molar-refractivity contribution is 5.93. The van der Waals surface area contributed by atoms with Gasteiger partial charge in [-0.25, -0.2) is 0 Å². The SMILES string of the molecule is CCCN(CC(=O)O)c1ccnc(C(=O)NCc2ccccc2)c1. The van der Waals surface area contributed by atoms with E-state index < -0.39 is 5.97 Å². The standard InChI is InChI=1S/C18H21N3O3/c1-2-10-21(13-17(22)23)15-8-9-19-16(11-15)18(24)20-12-14-6-4-3-5-7-14/h3-9,11H,2,10,12-13H2,1H3,(H,20,24)(H,22,23). The lowest BCUT2D eigenvalue weighted by Gasteiger charge is -2.22. The van der Waals surface area contributed by atoms with Crippen molar-refractivity contribution in [3.63, 3.8) is 0 Å². The van der Waals surface area contributed by atoms with Crippen LogP contribution in [0, 0.1) is 0 Å². The van der Waals surface area contributed by atoms with Crippen molar-refractivity contribution < 1.29 is 14.7 Å². The van der Waals surface area contributed by atoms with Crippen molar-refractivity contribution in [1.29, 1.82) is 0 Å². The van der Waals surface area contributed by atoms with E-state index in [9.17, 15) is 9.59 Å². The minimum Gasteiger partial charge on any atom is -0.480 e. The number of carboxylic acid groups (broad SMARTS) is 1. The number of carbonyl (C=O) groups excluding carboxylic acids is 1. The number of hydrogen-bond donors (Lipinski definition) is 2. The number of aliphatic carboxylic acids is 1. The maximum atomic E-state index is 12.3. The van der Waals surface area contributed by atoms with E-state index in [0.717, 1.165) is 12.0 Å². The molecule has 0 bridgehead atoms. The third-order valence-corrected chi connectivity index (χ3v) is 3.46. The molecule has 1 heterocycles. The Morgan fingerprint density at radius 3 is 2.62 bits per heavy atom. The van der Waals surface area contributed by atoms with Crippen molar-refractivity contribution in [2.24, 2.45) is 0 Å². The molecule has 0 unspecified atom stereocenters. The number of rotatable bonds is 8. The number of anilines is 1. The van der Waals surface area contributed by atoms with E-state index in [0.29, 0.717) is 18.8 Å². The first-order chi connectivity index (χ1) is 11.6. The van der Waals surface area contributed by atoms with E-state index in [1.165, 1.54) is 6.20 Å². The minimum atomic E-state index is -0.907. The topological polar surface area (TPSA) is 82.5 Å². The van der Waals surface area contributed by atoms with E-state index in [4.69, 9.17) is 5.11 Å². The number of benzene rings is 1. The van der Waals surface area contributed by atoms with Crippen molar-refractivity contribution >= 4 is 17.6 Å². The van der Waals surface area contributed by atoms with Crippen LogP contribution < -0.4 is 10.2 Å². The van der Waals surface area contributed by atoms with Crippen molar-refractivity contribution in [3.05, 3.63) is 59.9 Å². The van der Waals surface area contributed by atoms with Crippen LogP contribution >= 0.6 is 0 Å². The summed E-state index contributed by atoms with van der Waals surface area (Å²) in [7, 11) is 0. The first-order valence-electron chi connectivity index (χ1n) is 7.85. The van der Waals surface area contributed by atoms with Gasteiger partial charge in [-0.15, -0.1) is 0 Å². The van der Waals surface area contributed by atoms with Crippen LogP contribution in [0.5, 0.6) is 0 Å². The summed E-state index contributed by atoms with van der Waals surface area (Å²) >= 11 is 0. The molecule has 0 fully saturated rings. The second-order valence-corrected chi connectivity index (χ2v) is 5.38. The number of amides is 1. The lowest BCUT2D eigenvalue weighted by molar-refractivity contribution is -0.135. The van der Waals surface area contributed by atoms with Gasteiger partial charge < -0.3 is 15.3 Å². The van der Waals surface area contributed by atoms with Crippen LogP contribution in [0.4, 0.5) is 5.69 Å². The Labute approximate surface area is 141 Å². The molecule has 0 atom stereocenters. The molecule has 6 heteroatoms. The maximum Gasteiger partial charge on any atom is 0.323 e. The van der Waals surface area contributed by atoms with Gasteiger partial charge in [0.2, 0.25) is 0 Å². The van der Waals surface area contributed by atoms with E-state index >= 15 is 0 Å². The van der Waals surface area contributed by atoms with E-state index in [1.54, 1.807) is 17.0 Å². The molecule has 0 saturated carbocycles. The Morgan fingerprint density at radius 1 is 1.21 bits per heavy atom. The number of carbonyl (C=O) groups is 2. The molecule has 0 aliphatic carbocycles. The van der Waals surface area contributed by atoms with Crippen LogP contribution in [0.15, 0.2) is 48.7 Å². The minimum absolute atomic E-state index is 0.108. The molecule has 1 aromatic heterocycles. The predicted molar refractivity (Wildman–Crippen MR) is 92.0 cm³/mol. The summed E-state index contributed by atoms with van der Waals surface area (Å²) in [5, 5.41) is 11.8. The van der Waals surface area contributed by atoms with Gasteiger partial charge in [-0.2, -0.15) is 0 Å². The lowest BCUT2D eigenvalue weighted by atomic mass is 10.2. The molecule has 126 valence electrons. The molecule has 1 aromatic carbocycles. The van der Waals surface area contributed by atoms with E-state index in [-0.39, 0.29) is 18.1 Å². The normalized spacial score (nSPS) is 10.2. The molecule has 2 N–H and O–H groups in total. The largest absolute Gasteiger partial charge is 0.480 e. The number of hydrogen-bond acceptors (Lipinski definition) is 4. The molecule has 0 saturated heterocycles. The van der Waals surface area contributed by atoms with Crippen molar-refractivity contribution in [1.82, 2.24) is 10.3 Å². The van der Waals surface area contributed by atoms with E-state index in [2.05, 4.69) is 10.3 Å². The fourth-order valence-electron chi connectivity index (χ4n) is 2.34. The van der Waals surface area contributed by atoms with Crippen molar-refractivity contribution in [2.45, 2.75) is 19.9 Å². The van der Waals surface area contributed by atoms with Gasteiger partial charge in [-0.3, -0.25) is 14.6 Å². The fraction of sp³-hybridized carbons (Fsp3) is 0.278. The van der Waals surface area contributed by atoms with Crippen LogP contribution in [0.1, 0.15) is 29.4 Å². The zero-order valence-corrected chi connectivity index (χ0v) is 13.6. The molecule has 2 rings (SSSR count). The Morgan fingerprint density at radius 2 is 1.96 bits per heavy atom. The van der Waals surface area contributed by atoms with Gasteiger partial charge in [0.1, 0.15) is 12.2 Å². The van der Waals surface area contributed by atoms with Crippen LogP contribution in [-0.4, -0.2) is 35.1 Å². The number of nitrogens with one attached hydrogen (secondary N) is 1. The number of carboxylic acids is 1. The van der Waals surface area contributed by atoms with Gasteiger partial charge in [-0.05, 0) is 24.1 Å². The molecular weight excluding hydrogens is 306 g/mol. The number of aromatic nitrogens is 1. The average Bonchev–Trinajstić information content (AvgIpc) is 2.60. The fourth-order valence-corrected chi connectivity index (χ4v) is 2.34. The van der Waals surface area contributed by atoms with Gasteiger partial charge in [0.15, 0.2) is 0 Å². The van der Waals surface area contributed by atoms with Crippen LogP contribution in [0.3, 0.4) is 0 Å². The summed E-state index contributed by atoms with van der Waals surface area (Å²) in [5.41, 5.74) is 1.95. The zero-order chi connectivity index (χ0) is 17.4. The third-order valence-electron chi connectivity index (χ3n) is 3.46.